The number of aryl methyl sites for hydroxylation is 1. The van der Waals surface area contributed by atoms with Gasteiger partial charge in [-0.2, -0.15) is 0 Å². The average Bonchev–Trinajstić information content (AvgIpc) is 2.04. The quantitative estimate of drug-likeness (QED) is 0.637. The number of pyridine rings is 1. The number of aromatic nitrogens is 1. The molecule has 0 bridgehead atoms. The fourth-order valence-electron chi connectivity index (χ4n) is 1.29. The van der Waals surface area contributed by atoms with Crippen LogP contribution in [0.3, 0.4) is 0 Å². The van der Waals surface area contributed by atoms with Gasteiger partial charge >= 0.3 is 7.12 Å². The fraction of sp³-hybridized carbons (Fsp3) is 0.444. The Balaban J connectivity index is 3.11. The van der Waals surface area contributed by atoms with Gasteiger partial charge in [-0.3, -0.25) is 4.98 Å². The highest BCUT2D eigenvalue weighted by Crippen LogP contribution is 2.15. The number of hydrogen-bond donors (Lipinski definition) is 2. The summed E-state index contributed by atoms with van der Waals surface area (Å²) in [6.45, 7) is 6.03. The fourth-order valence-corrected chi connectivity index (χ4v) is 1.29. The Morgan fingerprint density at radius 2 is 2.00 bits per heavy atom. The second-order valence-electron chi connectivity index (χ2n) is 3.47. The summed E-state index contributed by atoms with van der Waals surface area (Å²) < 4.78 is 0. The molecule has 0 atom stereocenters. The molecule has 13 heavy (non-hydrogen) atoms. The van der Waals surface area contributed by atoms with Crippen LogP contribution in [-0.2, 0) is 0 Å². The van der Waals surface area contributed by atoms with E-state index in [4.69, 9.17) is 10.0 Å². The van der Waals surface area contributed by atoms with Gasteiger partial charge < -0.3 is 10.0 Å². The molecule has 1 aromatic heterocycles. The summed E-state index contributed by atoms with van der Waals surface area (Å²) in [5.41, 5.74) is 2.46. The van der Waals surface area contributed by atoms with Gasteiger partial charge in [0.05, 0.1) is 0 Å². The average molecular weight is 179 g/mol. The summed E-state index contributed by atoms with van der Waals surface area (Å²) in [6, 6.07) is 1.79. The molecule has 1 rings (SSSR count). The predicted molar refractivity (Wildman–Crippen MR) is 52.9 cm³/mol. The normalized spacial score (nSPS) is 10.6. The van der Waals surface area contributed by atoms with Crippen LogP contribution < -0.4 is 5.46 Å². The highest BCUT2D eigenvalue weighted by molar-refractivity contribution is 6.58. The van der Waals surface area contributed by atoms with Crippen LogP contribution in [0.1, 0.15) is 31.0 Å². The molecule has 0 aliphatic heterocycles. The monoisotopic (exact) mass is 179 g/mol. The van der Waals surface area contributed by atoms with E-state index in [-0.39, 0.29) is 0 Å². The van der Waals surface area contributed by atoms with E-state index in [2.05, 4.69) is 18.8 Å². The zero-order chi connectivity index (χ0) is 10.0. The molecule has 2 N–H and O–H groups in total. The van der Waals surface area contributed by atoms with Crippen LogP contribution in [0.5, 0.6) is 0 Å². The number of hydrogen-bond acceptors (Lipinski definition) is 3. The van der Waals surface area contributed by atoms with Crippen molar-refractivity contribution in [2.24, 2.45) is 0 Å². The zero-order valence-electron chi connectivity index (χ0n) is 8.15. The lowest BCUT2D eigenvalue weighted by Gasteiger charge is -2.10. The molecule has 1 heterocycles. The lowest BCUT2D eigenvalue weighted by atomic mass is 9.80. The van der Waals surface area contributed by atoms with Gasteiger partial charge in [-0.15, -0.1) is 0 Å². The minimum absolute atomic E-state index is 0.353. The van der Waals surface area contributed by atoms with Crippen LogP contribution >= 0.6 is 0 Å². The molecule has 0 aliphatic rings. The molecule has 0 amide bonds. The van der Waals surface area contributed by atoms with Gasteiger partial charge in [0.1, 0.15) is 0 Å². The predicted octanol–water partition coefficient (Wildman–Crippen LogP) is 0.193. The highest BCUT2D eigenvalue weighted by atomic mass is 16.4. The van der Waals surface area contributed by atoms with Crippen LogP contribution in [0.25, 0.3) is 0 Å². The van der Waals surface area contributed by atoms with Gasteiger partial charge in [-0.05, 0) is 18.4 Å². The van der Waals surface area contributed by atoms with Crippen molar-refractivity contribution in [3.05, 3.63) is 23.5 Å². The van der Waals surface area contributed by atoms with Crippen molar-refractivity contribution in [2.75, 3.05) is 0 Å². The first kappa shape index (κ1) is 10.2. The third-order valence-electron chi connectivity index (χ3n) is 2.07. The Kier molecular flexibility index (Phi) is 3.06. The van der Waals surface area contributed by atoms with E-state index in [9.17, 15) is 0 Å². The van der Waals surface area contributed by atoms with E-state index in [1.165, 1.54) is 6.20 Å². The van der Waals surface area contributed by atoms with E-state index in [0.717, 1.165) is 11.3 Å². The molecule has 0 spiro atoms. The summed E-state index contributed by atoms with van der Waals surface area (Å²) >= 11 is 0. The minimum atomic E-state index is -1.43. The molecule has 4 heteroatoms. The van der Waals surface area contributed by atoms with Crippen molar-refractivity contribution in [1.29, 1.82) is 0 Å². The molecular formula is C9H14BNO2. The molecule has 3 nitrogen and oxygen atoms in total. The molecule has 0 radical (unpaired) electrons. The largest absolute Gasteiger partial charge is 0.490 e. The summed E-state index contributed by atoms with van der Waals surface area (Å²) in [7, 11) is -1.43. The number of nitrogens with zero attached hydrogens (tertiary/aromatic N) is 1. The Hall–Kier alpha value is -0.865. The van der Waals surface area contributed by atoms with Gasteiger partial charge in [-0.1, -0.05) is 19.9 Å². The summed E-state index contributed by atoms with van der Waals surface area (Å²) in [5.74, 6) is 0.353. The first-order chi connectivity index (χ1) is 6.02. The maximum absolute atomic E-state index is 8.94. The summed E-state index contributed by atoms with van der Waals surface area (Å²) in [4.78, 5) is 4.10. The van der Waals surface area contributed by atoms with Crippen molar-refractivity contribution >= 4 is 12.6 Å². The van der Waals surface area contributed by atoms with Crippen molar-refractivity contribution in [2.45, 2.75) is 26.7 Å². The molecule has 1 aromatic rings. The van der Waals surface area contributed by atoms with E-state index >= 15 is 0 Å². The molecule has 0 unspecified atom stereocenters. The first-order valence-corrected chi connectivity index (χ1v) is 4.35. The van der Waals surface area contributed by atoms with E-state index in [0.29, 0.717) is 11.4 Å². The number of rotatable bonds is 2. The topological polar surface area (TPSA) is 53.4 Å². The molecule has 0 fully saturated rings. The molecule has 0 saturated heterocycles. The highest BCUT2D eigenvalue weighted by Gasteiger charge is 2.14. The minimum Gasteiger partial charge on any atom is -0.423 e. The summed E-state index contributed by atoms with van der Waals surface area (Å²) in [6.07, 6.45) is 1.49. The van der Waals surface area contributed by atoms with Crippen LogP contribution in [-0.4, -0.2) is 22.2 Å². The van der Waals surface area contributed by atoms with E-state index < -0.39 is 7.12 Å². The Morgan fingerprint density at radius 1 is 1.38 bits per heavy atom. The first-order valence-electron chi connectivity index (χ1n) is 4.35. The van der Waals surface area contributed by atoms with Crippen LogP contribution in [0, 0.1) is 6.92 Å². The zero-order valence-corrected chi connectivity index (χ0v) is 8.15. The molecule has 0 saturated carbocycles. The van der Waals surface area contributed by atoms with Gasteiger partial charge in [0.2, 0.25) is 0 Å². The second kappa shape index (κ2) is 3.90. The van der Waals surface area contributed by atoms with Crippen molar-refractivity contribution in [3.63, 3.8) is 0 Å². The van der Waals surface area contributed by atoms with Crippen LogP contribution in [0.2, 0.25) is 0 Å². The molecular weight excluding hydrogens is 165 g/mol. The maximum atomic E-state index is 8.94. The van der Waals surface area contributed by atoms with E-state index in [1.54, 1.807) is 6.07 Å². The lowest BCUT2D eigenvalue weighted by molar-refractivity contribution is 0.425. The van der Waals surface area contributed by atoms with Crippen LogP contribution in [0.4, 0.5) is 0 Å². The van der Waals surface area contributed by atoms with Crippen molar-refractivity contribution in [3.8, 4) is 0 Å². The smallest absolute Gasteiger partial charge is 0.423 e. The van der Waals surface area contributed by atoms with Crippen molar-refractivity contribution < 1.29 is 10.0 Å². The van der Waals surface area contributed by atoms with E-state index in [1.807, 2.05) is 6.92 Å². The van der Waals surface area contributed by atoms with Crippen molar-refractivity contribution in [1.82, 2.24) is 4.98 Å². The molecule has 70 valence electrons. The summed E-state index contributed by atoms with van der Waals surface area (Å²) in [5, 5.41) is 17.9. The molecule has 0 aromatic carbocycles. The Labute approximate surface area is 78.6 Å². The standard InChI is InChI=1S/C9H14BNO2/c1-6(2)9-4-8(10(12)13)5-11-7(9)3/h4-6,12-13H,1-3H3. The van der Waals surface area contributed by atoms with Gasteiger partial charge in [0.15, 0.2) is 0 Å². The van der Waals surface area contributed by atoms with Gasteiger partial charge in [0, 0.05) is 17.4 Å². The van der Waals surface area contributed by atoms with Crippen LogP contribution in [0.15, 0.2) is 12.3 Å². The molecule has 0 aliphatic carbocycles. The Bertz CT molecular complexity index is 300. The van der Waals surface area contributed by atoms with Gasteiger partial charge in [0.25, 0.3) is 0 Å². The third-order valence-corrected chi connectivity index (χ3v) is 2.07. The maximum Gasteiger partial charge on any atom is 0.490 e. The third kappa shape index (κ3) is 2.29. The van der Waals surface area contributed by atoms with Gasteiger partial charge in [-0.25, -0.2) is 0 Å². The lowest BCUT2D eigenvalue weighted by Crippen LogP contribution is -2.31. The second-order valence-corrected chi connectivity index (χ2v) is 3.47. The SMILES string of the molecule is Cc1ncc(B(O)O)cc1C(C)C. The Morgan fingerprint density at radius 3 is 2.46 bits per heavy atom.